The summed E-state index contributed by atoms with van der Waals surface area (Å²) in [4.78, 5) is 14.7. The molecular formula is C9H6ClN3O. The van der Waals surface area contributed by atoms with Crippen LogP contribution >= 0.6 is 11.6 Å². The van der Waals surface area contributed by atoms with E-state index >= 15 is 0 Å². The average Bonchev–Trinajstić information content (AvgIpc) is 2.41. The number of H-pyrrole nitrogens is 1. The van der Waals surface area contributed by atoms with E-state index in [1.54, 1.807) is 13.1 Å². The molecular weight excluding hydrogens is 202 g/mol. The summed E-state index contributed by atoms with van der Waals surface area (Å²) in [7, 11) is 1.62. The summed E-state index contributed by atoms with van der Waals surface area (Å²) in [5.41, 5.74) is 0.798. The fraction of sp³-hybridized carbons (Fsp3) is 0.111. The molecule has 4 nitrogen and oxygen atoms in total. The number of rotatable bonds is 0. The molecule has 70 valence electrons. The number of benzene rings is 1. The van der Waals surface area contributed by atoms with Crippen LogP contribution in [0.3, 0.4) is 0 Å². The predicted octanol–water partition coefficient (Wildman–Crippen LogP) is 2.07. The van der Waals surface area contributed by atoms with Crippen molar-refractivity contribution in [2.24, 2.45) is 7.05 Å². The van der Waals surface area contributed by atoms with Crippen molar-refractivity contribution in [1.82, 2.24) is 9.78 Å². The number of aromatic nitrogens is 2. The number of halogens is 1. The van der Waals surface area contributed by atoms with Gasteiger partial charge in [-0.25, -0.2) is 4.85 Å². The van der Waals surface area contributed by atoms with Crippen LogP contribution in [0.5, 0.6) is 0 Å². The van der Waals surface area contributed by atoms with Gasteiger partial charge < -0.3 is 0 Å². The van der Waals surface area contributed by atoms with Crippen LogP contribution in [0.25, 0.3) is 15.7 Å². The smallest absolute Gasteiger partial charge is 0.272 e. The minimum Gasteiger partial charge on any atom is -0.295 e. The predicted molar refractivity (Wildman–Crippen MR) is 54.8 cm³/mol. The molecule has 1 N–H and O–H groups in total. The Kier molecular flexibility index (Phi) is 1.83. The molecule has 0 fully saturated rings. The highest BCUT2D eigenvalue weighted by Crippen LogP contribution is 2.28. The largest absolute Gasteiger partial charge is 0.295 e. The van der Waals surface area contributed by atoms with Crippen LogP contribution in [-0.4, -0.2) is 9.78 Å². The maximum atomic E-state index is 11.5. The molecule has 0 radical (unpaired) electrons. The summed E-state index contributed by atoms with van der Waals surface area (Å²) in [5.74, 6) is 0. The second kappa shape index (κ2) is 2.89. The fourth-order valence-electron chi connectivity index (χ4n) is 1.33. The SMILES string of the molecule is [C-]#[N+]c1cc2c(=O)n(C)[nH]c2cc1Cl. The molecule has 2 rings (SSSR count). The maximum Gasteiger partial charge on any atom is 0.272 e. The monoisotopic (exact) mass is 207 g/mol. The third-order valence-corrected chi connectivity index (χ3v) is 2.33. The standard InChI is InChI=1S/C9H6ClN3O/c1-11-8-3-5-7(4-6(8)10)12-13(2)9(5)14/h3-4,12H,2H3. The first kappa shape index (κ1) is 8.85. The Morgan fingerprint density at radius 2 is 2.29 bits per heavy atom. The number of fused-ring (bicyclic) bond motifs is 1. The zero-order valence-electron chi connectivity index (χ0n) is 7.34. The van der Waals surface area contributed by atoms with Crippen molar-refractivity contribution in [3.8, 4) is 0 Å². The van der Waals surface area contributed by atoms with Crippen molar-refractivity contribution in [2.75, 3.05) is 0 Å². The molecule has 0 aliphatic carbocycles. The van der Waals surface area contributed by atoms with Gasteiger partial charge in [0.25, 0.3) is 5.56 Å². The van der Waals surface area contributed by atoms with Gasteiger partial charge in [-0.05, 0) is 12.1 Å². The quantitative estimate of drug-likeness (QED) is 0.661. The van der Waals surface area contributed by atoms with Gasteiger partial charge in [-0.2, -0.15) is 0 Å². The number of nitrogens with one attached hydrogen (secondary N) is 1. The van der Waals surface area contributed by atoms with E-state index < -0.39 is 0 Å². The van der Waals surface area contributed by atoms with Crippen LogP contribution in [0.15, 0.2) is 16.9 Å². The van der Waals surface area contributed by atoms with Gasteiger partial charge in [-0.1, -0.05) is 11.6 Å². The number of hydrogen-bond acceptors (Lipinski definition) is 1. The minimum absolute atomic E-state index is 0.151. The van der Waals surface area contributed by atoms with Gasteiger partial charge in [-0.15, -0.1) is 0 Å². The second-order valence-electron chi connectivity index (χ2n) is 2.94. The molecule has 14 heavy (non-hydrogen) atoms. The molecule has 0 spiro atoms. The zero-order valence-corrected chi connectivity index (χ0v) is 8.09. The van der Waals surface area contributed by atoms with Crippen LogP contribution < -0.4 is 5.56 Å². The third kappa shape index (κ3) is 1.10. The van der Waals surface area contributed by atoms with E-state index in [0.29, 0.717) is 21.6 Å². The van der Waals surface area contributed by atoms with Gasteiger partial charge in [0.2, 0.25) is 5.69 Å². The van der Waals surface area contributed by atoms with Crippen molar-refractivity contribution in [1.29, 1.82) is 0 Å². The Bertz CT molecular complexity index is 603. The van der Waals surface area contributed by atoms with Crippen molar-refractivity contribution in [3.63, 3.8) is 0 Å². The molecule has 0 aliphatic rings. The molecule has 1 aromatic heterocycles. The van der Waals surface area contributed by atoms with E-state index in [4.69, 9.17) is 18.2 Å². The summed E-state index contributed by atoms with van der Waals surface area (Å²) in [6.45, 7) is 6.86. The van der Waals surface area contributed by atoms with Crippen LogP contribution in [0.4, 0.5) is 5.69 Å². The van der Waals surface area contributed by atoms with Crippen LogP contribution in [0.2, 0.25) is 5.02 Å². The molecule has 2 aromatic rings. The third-order valence-electron chi connectivity index (χ3n) is 2.03. The Hall–Kier alpha value is -1.73. The van der Waals surface area contributed by atoms with Crippen LogP contribution in [0.1, 0.15) is 0 Å². The minimum atomic E-state index is -0.151. The van der Waals surface area contributed by atoms with Gasteiger partial charge in [-0.3, -0.25) is 14.6 Å². The van der Waals surface area contributed by atoms with Crippen molar-refractivity contribution in [2.45, 2.75) is 0 Å². The molecule has 0 saturated heterocycles. The highest BCUT2D eigenvalue weighted by molar-refractivity contribution is 6.34. The Morgan fingerprint density at radius 1 is 1.57 bits per heavy atom. The maximum absolute atomic E-state index is 11.5. The van der Waals surface area contributed by atoms with Crippen molar-refractivity contribution < 1.29 is 0 Å². The Morgan fingerprint density at radius 3 is 2.93 bits per heavy atom. The summed E-state index contributed by atoms with van der Waals surface area (Å²) in [6, 6.07) is 3.09. The van der Waals surface area contributed by atoms with E-state index in [1.165, 1.54) is 10.7 Å². The molecule has 1 heterocycles. The van der Waals surface area contributed by atoms with E-state index in [2.05, 4.69) is 9.94 Å². The average molecular weight is 208 g/mol. The van der Waals surface area contributed by atoms with Crippen LogP contribution in [0, 0.1) is 6.57 Å². The Balaban J connectivity index is 2.96. The summed E-state index contributed by atoms with van der Waals surface area (Å²) in [5, 5.41) is 3.68. The molecule has 0 amide bonds. The van der Waals surface area contributed by atoms with Gasteiger partial charge in [0.15, 0.2) is 0 Å². The van der Waals surface area contributed by atoms with E-state index in [1.807, 2.05) is 0 Å². The summed E-state index contributed by atoms with van der Waals surface area (Å²) < 4.78 is 1.36. The lowest BCUT2D eigenvalue weighted by Crippen LogP contribution is -2.10. The highest BCUT2D eigenvalue weighted by atomic mass is 35.5. The first-order valence-electron chi connectivity index (χ1n) is 3.89. The molecule has 0 bridgehead atoms. The topological polar surface area (TPSA) is 42.1 Å². The highest BCUT2D eigenvalue weighted by Gasteiger charge is 2.08. The van der Waals surface area contributed by atoms with Crippen LogP contribution in [-0.2, 0) is 7.05 Å². The number of aryl methyl sites for hydroxylation is 1. The lowest BCUT2D eigenvalue weighted by atomic mass is 10.2. The first-order chi connectivity index (χ1) is 6.63. The van der Waals surface area contributed by atoms with Gasteiger partial charge in [0, 0.05) is 12.1 Å². The summed E-state index contributed by atoms with van der Waals surface area (Å²) in [6.07, 6.45) is 0. The van der Waals surface area contributed by atoms with Gasteiger partial charge in [0.05, 0.1) is 17.5 Å². The van der Waals surface area contributed by atoms with E-state index in [9.17, 15) is 4.79 Å². The number of aromatic amines is 1. The van der Waals surface area contributed by atoms with Gasteiger partial charge in [0.1, 0.15) is 0 Å². The molecule has 0 atom stereocenters. The van der Waals surface area contributed by atoms with Gasteiger partial charge >= 0.3 is 0 Å². The summed E-state index contributed by atoms with van der Waals surface area (Å²) >= 11 is 5.82. The molecule has 0 aliphatic heterocycles. The molecule has 5 heteroatoms. The Labute approximate surface area is 84.5 Å². The van der Waals surface area contributed by atoms with Crippen molar-refractivity contribution >= 4 is 28.2 Å². The molecule has 0 unspecified atom stereocenters. The first-order valence-corrected chi connectivity index (χ1v) is 4.27. The van der Waals surface area contributed by atoms with E-state index in [-0.39, 0.29) is 5.56 Å². The molecule has 1 aromatic carbocycles. The number of nitrogens with zero attached hydrogens (tertiary/aromatic N) is 2. The number of hydrogen-bond donors (Lipinski definition) is 1. The lowest BCUT2D eigenvalue weighted by Gasteiger charge is -1.93. The zero-order chi connectivity index (χ0) is 10.3. The lowest BCUT2D eigenvalue weighted by molar-refractivity contribution is 0.751. The molecule has 0 saturated carbocycles. The van der Waals surface area contributed by atoms with Crippen molar-refractivity contribution in [3.05, 3.63) is 38.9 Å². The second-order valence-corrected chi connectivity index (χ2v) is 3.34. The normalized spacial score (nSPS) is 10.4. The fourth-order valence-corrected chi connectivity index (χ4v) is 1.53. The van der Waals surface area contributed by atoms with E-state index in [0.717, 1.165) is 0 Å².